The molecule has 1 aromatic carbocycles. The zero-order chi connectivity index (χ0) is 14.9. The number of anilines is 1. The van der Waals surface area contributed by atoms with Crippen LogP contribution in [-0.4, -0.2) is 23.1 Å². The third-order valence-electron chi connectivity index (χ3n) is 2.65. The number of alkyl halides is 3. The average Bonchev–Trinajstić information content (AvgIpc) is 2.87. The normalized spacial score (nSPS) is 11.4. The highest BCUT2D eigenvalue weighted by Crippen LogP contribution is 2.29. The molecule has 0 N–H and O–H groups in total. The van der Waals surface area contributed by atoms with E-state index in [1.165, 1.54) is 24.0 Å². The minimum atomic E-state index is -4.67. The Kier molecular flexibility index (Phi) is 3.47. The van der Waals surface area contributed by atoms with Crippen LogP contribution in [0, 0.1) is 0 Å². The van der Waals surface area contributed by atoms with Gasteiger partial charge in [-0.05, 0) is 24.3 Å². The van der Waals surface area contributed by atoms with E-state index in [0.29, 0.717) is 11.3 Å². The molecule has 2 rings (SSSR count). The summed E-state index contributed by atoms with van der Waals surface area (Å²) in [4.78, 5) is 15.9. The Balaban J connectivity index is 2.26. The van der Waals surface area contributed by atoms with E-state index in [1.807, 2.05) is 0 Å². The standard InChI is InChI=1S/C12H10F3N3O2/c1-7(19)18(2)9-5-3-8(4-6-9)10-16-11(20-17-10)12(13,14)15/h3-6H,1-2H3. The molecule has 8 heteroatoms. The van der Waals surface area contributed by atoms with Crippen molar-refractivity contribution in [3.8, 4) is 11.4 Å². The maximum absolute atomic E-state index is 12.3. The molecule has 0 atom stereocenters. The van der Waals surface area contributed by atoms with Crippen LogP contribution >= 0.6 is 0 Å². The fourth-order valence-corrected chi connectivity index (χ4v) is 1.47. The molecule has 0 aliphatic rings. The number of amides is 1. The summed E-state index contributed by atoms with van der Waals surface area (Å²) >= 11 is 0. The highest BCUT2D eigenvalue weighted by molar-refractivity contribution is 5.91. The number of aromatic nitrogens is 2. The number of hydrogen-bond donors (Lipinski definition) is 0. The minimum Gasteiger partial charge on any atom is -0.329 e. The van der Waals surface area contributed by atoms with E-state index in [0.717, 1.165) is 0 Å². The third kappa shape index (κ3) is 2.79. The number of carbonyl (C=O) groups is 1. The summed E-state index contributed by atoms with van der Waals surface area (Å²) < 4.78 is 41.2. The summed E-state index contributed by atoms with van der Waals surface area (Å²) in [6.45, 7) is 1.41. The second-order valence-corrected chi connectivity index (χ2v) is 4.05. The molecule has 0 bridgehead atoms. The first-order valence-electron chi connectivity index (χ1n) is 5.54. The van der Waals surface area contributed by atoms with Crippen molar-refractivity contribution in [2.75, 3.05) is 11.9 Å². The molecular weight excluding hydrogens is 275 g/mol. The number of rotatable bonds is 2. The van der Waals surface area contributed by atoms with Crippen molar-refractivity contribution in [2.45, 2.75) is 13.1 Å². The van der Waals surface area contributed by atoms with Gasteiger partial charge in [0.25, 0.3) is 0 Å². The number of nitrogens with zero attached hydrogens (tertiary/aromatic N) is 3. The quantitative estimate of drug-likeness (QED) is 0.851. The van der Waals surface area contributed by atoms with Crippen LogP contribution in [0.4, 0.5) is 18.9 Å². The molecule has 1 amide bonds. The van der Waals surface area contributed by atoms with E-state index in [-0.39, 0.29) is 11.7 Å². The van der Waals surface area contributed by atoms with Crippen LogP contribution in [0.15, 0.2) is 28.8 Å². The molecule has 20 heavy (non-hydrogen) atoms. The number of carbonyl (C=O) groups excluding carboxylic acids is 1. The summed E-state index contributed by atoms with van der Waals surface area (Å²) in [6.07, 6.45) is -4.67. The maximum Gasteiger partial charge on any atom is 0.471 e. The average molecular weight is 285 g/mol. The monoisotopic (exact) mass is 285 g/mol. The van der Waals surface area contributed by atoms with Crippen molar-refractivity contribution >= 4 is 11.6 Å². The van der Waals surface area contributed by atoms with E-state index in [2.05, 4.69) is 14.7 Å². The van der Waals surface area contributed by atoms with Gasteiger partial charge in [0.15, 0.2) is 0 Å². The van der Waals surface area contributed by atoms with Crippen molar-refractivity contribution in [3.05, 3.63) is 30.2 Å². The molecule has 0 aliphatic heterocycles. The van der Waals surface area contributed by atoms with Gasteiger partial charge in [-0.3, -0.25) is 4.79 Å². The van der Waals surface area contributed by atoms with Gasteiger partial charge in [-0.2, -0.15) is 18.2 Å². The number of hydrogen-bond acceptors (Lipinski definition) is 4. The van der Waals surface area contributed by atoms with Crippen molar-refractivity contribution < 1.29 is 22.5 Å². The van der Waals surface area contributed by atoms with Gasteiger partial charge >= 0.3 is 12.1 Å². The molecule has 0 saturated carbocycles. The van der Waals surface area contributed by atoms with Crippen LogP contribution in [-0.2, 0) is 11.0 Å². The van der Waals surface area contributed by atoms with Gasteiger partial charge in [-0.1, -0.05) is 5.16 Å². The van der Waals surface area contributed by atoms with E-state index < -0.39 is 12.1 Å². The van der Waals surface area contributed by atoms with Crippen LogP contribution in [0.5, 0.6) is 0 Å². The van der Waals surface area contributed by atoms with E-state index in [1.54, 1.807) is 19.2 Å². The van der Waals surface area contributed by atoms with Gasteiger partial charge in [0.1, 0.15) is 0 Å². The van der Waals surface area contributed by atoms with Crippen LogP contribution in [0.1, 0.15) is 12.8 Å². The summed E-state index contributed by atoms with van der Waals surface area (Å²) in [5.74, 6) is -1.71. The Morgan fingerprint density at radius 2 is 1.85 bits per heavy atom. The molecule has 2 aromatic rings. The molecule has 0 fully saturated rings. The molecule has 5 nitrogen and oxygen atoms in total. The first-order chi connectivity index (χ1) is 9.29. The van der Waals surface area contributed by atoms with Crippen molar-refractivity contribution in [1.82, 2.24) is 10.1 Å². The lowest BCUT2D eigenvalue weighted by Gasteiger charge is -2.14. The zero-order valence-electron chi connectivity index (χ0n) is 10.6. The van der Waals surface area contributed by atoms with Gasteiger partial charge in [0.05, 0.1) is 0 Å². The van der Waals surface area contributed by atoms with Crippen LogP contribution in [0.2, 0.25) is 0 Å². The smallest absolute Gasteiger partial charge is 0.329 e. The summed E-state index contributed by atoms with van der Waals surface area (Å²) in [6, 6.07) is 6.19. The predicted molar refractivity (Wildman–Crippen MR) is 63.8 cm³/mol. The lowest BCUT2D eigenvalue weighted by Crippen LogP contribution is -2.22. The largest absolute Gasteiger partial charge is 0.471 e. The lowest BCUT2D eigenvalue weighted by atomic mass is 10.2. The van der Waals surface area contributed by atoms with E-state index in [4.69, 9.17) is 0 Å². The second kappa shape index (κ2) is 4.95. The molecule has 0 radical (unpaired) electrons. The summed E-state index contributed by atoms with van der Waals surface area (Å²) in [7, 11) is 1.59. The van der Waals surface area contributed by atoms with Gasteiger partial charge in [-0.15, -0.1) is 0 Å². The van der Waals surface area contributed by atoms with Gasteiger partial charge < -0.3 is 9.42 Å². The van der Waals surface area contributed by atoms with Crippen LogP contribution in [0.25, 0.3) is 11.4 Å². The van der Waals surface area contributed by atoms with Crippen molar-refractivity contribution in [3.63, 3.8) is 0 Å². The topological polar surface area (TPSA) is 59.2 Å². The van der Waals surface area contributed by atoms with Gasteiger partial charge in [0, 0.05) is 25.2 Å². The highest BCUT2D eigenvalue weighted by Gasteiger charge is 2.38. The molecule has 0 saturated heterocycles. The van der Waals surface area contributed by atoms with Crippen LogP contribution in [0.3, 0.4) is 0 Å². The maximum atomic E-state index is 12.3. The van der Waals surface area contributed by atoms with Crippen molar-refractivity contribution in [1.29, 1.82) is 0 Å². The molecule has 0 aliphatic carbocycles. The first-order valence-corrected chi connectivity index (χ1v) is 5.54. The molecule has 106 valence electrons. The fraction of sp³-hybridized carbons (Fsp3) is 0.250. The SMILES string of the molecule is CC(=O)N(C)c1ccc(-c2noc(C(F)(F)F)n2)cc1. The highest BCUT2D eigenvalue weighted by atomic mass is 19.4. The Labute approximate surface area is 112 Å². The Morgan fingerprint density at radius 3 is 2.30 bits per heavy atom. The Morgan fingerprint density at radius 1 is 1.25 bits per heavy atom. The first kappa shape index (κ1) is 14.0. The Bertz CT molecular complexity index is 620. The molecule has 0 unspecified atom stereocenters. The number of benzene rings is 1. The third-order valence-corrected chi connectivity index (χ3v) is 2.65. The van der Waals surface area contributed by atoms with Gasteiger partial charge in [-0.25, -0.2) is 0 Å². The molecule has 1 aromatic heterocycles. The summed E-state index contributed by atoms with van der Waals surface area (Å²) in [5.41, 5.74) is 0.978. The summed E-state index contributed by atoms with van der Waals surface area (Å²) in [5, 5.41) is 3.28. The zero-order valence-corrected chi connectivity index (χ0v) is 10.6. The molecule has 0 spiro atoms. The lowest BCUT2D eigenvalue weighted by molar-refractivity contribution is -0.159. The van der Waals surface area contributed by atoms with Crippen LogP contribution < -0.4 is 4.90 Å². The van der Waals surface area contributed by atoms with Crippen molar-refractivity contribution in [2.24, 2.45) is 0 Å². The van der Waals surface area contributed by atoms with E-state index in [9.17, 15) is 18.0 Å². The second-order valence-electron chi connectivity index (χ2n) is 4.05. The minimum absolute atomic E-state index is 0.156. The van der Waals surface area contributed by atoms with E-state index >= 15 is 0 Å². The molecular formula is C12H10F3N3O2. The molecule has 1 heterocycles. The fourth-order valence-electron chi connectivity index (χ4n) is 1.47. The number of halogens is 3. The van der Waals surface area contributed by atoms with Gasteiger partial charge in [0.2, 0.25) is 11.7 Å². The predicted octanol–water partition coefficient (Wildman–Crippen LogP) is 2.74. The Hall–Kier alpha value is -2.38.